The second-order valence-corrected chi connectivity index (χ2v) is 3.13. The summed E-state index contributed by atoms with van der Waals surface area (Å²) < 4.78 is 17.9. The fraction of sp³-hybridized carbons (Fsp3) is 0.500. The van der Waals surface area contributed by atoms with Crippen LogP contribution in [-0.4, -0.2) is 4.98 Å². The summed E-state index contributed by atoms with van der Waals surface area (Å²) in [6.45, 7) is 2.83. The van der Waals surface area contributed by atoms with Gasteiger partial charge in [-0.05, 0) is 13.8 Å². The molecule has 2 nitrogen and oxygen atoms in total. The van der Waals surface area contributed by atoms with E-state index in [9.17, 15) is 4.39 Å². The molecule has 0 N–H and O–H groups in total. The molecule has 1 aromatic rings. The molecule has 0 aromatic carbocycles. The lowest BCUT2D eigenvalue weighted by atomic mass is 10.1. The van der Waals surface area contributed by atoms with Crippen LogP contribution in [0.3, 0.4) is 0 Å². The summed E-state index contributed by atoms with van der Waals surface area (Å²) >= 11 is 2.98. The number of halogens is 2. The molecule has 0 aliphatic heterocycles. The van der Waals surface area contributed by atoms with Gasteiger partial charge in [-0.1, -0.05) is 0 Å². The summed E-state index contributed by atoms with van der Waals surface area (Å²) in [6.07, 6.45) is 1.37. The molecule has 1 aromatic heterocycles. The van der Waals surface area contributed by atoms with Gasteiger partial charge in [0, 0.05) is 15.9 Å². The highest BCUT2D eigenvalue weighted by Crippen LogP contribution is 2.26. The number of rotatable bonds is 1. The molecule has 1 heterocycles. The SMILES string of the molecule is CC(C)(F)c1cnc(Br)o1. The van der Waals surface area contributed by atoms with Gasteiger partial charge in [-0.3, -0.25) is 0 Å². The van der Waals surface area contributed by atoms with E-state index < -0.39 is 5.67 Å². The number of hydrogen-bond donors (Lipinski definition) is 0. The van der Waals surface area contributed by atoms with Crippen LogP contribution in [0.25, 0.3) is 0 Å². The third kappa shape index (κ3) is 1.56. The summed E-state index contributed by atoms with van der Waals surface area (Å²) in [5.74, 6) is 0.236. The molecule has 0 unspecified atom stereocenters. The van der Waals surface area contributed by atoms with Crippen molar-refractivity contribution < 1.29 is 8.81 Å². The van der Waals surface area contributed by atoms with Crippen molar-refractivity contribution in [3.8, 4) is 0 Å². The second-order valence-electron chi connectivity index (χ2n) is 2.45. The fourth-order valence-corrected chi connectivity index (χ4v) is 0.804. The molecule has 0 aliphatic carbocycles. The molecule has 0 saturated heterocycles. The van der Waals surface area contributed by atoms with Crippen molar-refractivity contribution in [2.75, 3.05) is 0 Å². The quantitative estimate of drug-likeness (QED) is 0.708. The van der Waals surface area contributed by atoms with E-state index in [1.54, 1.807) is 0 Å². The van der Waals surface area contributed by atoms with Crippen molar-refractivity contribution in [2.45, 2.75) is 19.5 Å². The predicted molar refractivity (Wildman–Crippen MR) is 38.3 cm³/mol. The minimum absolute atomic E-state index is 0.236. The topological polar surface area (TPSA) is 26.0 Å². The number of hydrogen-bond acceptors (Lipinski definition) is 2. The molecule has 0 bridgehead atoms. The van der Waals surface area contributed by atoms with Gasteiger partial charge in [0.2, 0.25) is 0 Å². The summed E-state index contributed by atoms with van der Waals surface area (Å²) in [7, 11) is 0. The van der Waals surface area contributed by atoms with Crippen molar-refractivity contribution >= 4 is 15.9 Å². The maximum atomic E-state index is 13.0. The van der Waals surface area contributed by atoms with E-state index in [-0.39, 0.29) is 5.76 Å². The predicted octanol–water partition coefficient (Wildman–Crippen LogP) is 2.64. The Morgan fingerprint density at radius 3 is 2.50 bits per heavy atom. The Bertz CT molecular complexity index is 228. The molecule has 0 atom stereocenters. The lowest BCUT2D eigenvalue weighted by Gasteiger charge is -2.07. The first kappa shape index (κ1) is 7.72. The molecule has 0 spiro atoms. The van der Waals surface area contributed by atoms with Gasteiger partial charge in [-0.15, -0.1) is 0 Å². The molecule has 0 amide bonds. The largest absolute Gasteiger partial charge is 0.433 e. The third-order valence-electron chi connectivity index (χ3n) is 1.06. The molecule has 10 heavy (non-hydrogen) atoms. The fourth-order valence-electron chi connectivity index (χ4n) is 0.528. The van der Waals surface area contributed by atoms with Gasteiger partial charge >= 0.3 is 0 Å². The monoisotopic (exact) mass is 207 g/mol. The highest BCUT2D eigenvalue weighted by molar-refractivity contribution is 9.10. The Kier molecular flexibility index (Phi) is 1.81. The van der Waals surface area contributed by atoms with Crippen LogP contribution >= 0.6 is 15.9 Å². The third-order valence-corrected chi connectivity index (χ3v) is 1.43. The van der Waals surface area contributed by atoms with Crippen molar-refractivity contribution in [1.29, 1.82) is 0 Å². The Balaban J connectivity index is 2.96. The van der Waals surface area contributed by atoms with E-state index in [0.29, 0.717) is 4.80 Å². The molecular formula is C6H7BrFNO. The van der Waals surface area contributed by atoms with Gasteiger partial charge in [0.1, 0.15) is 0 Å². The van der Waals surface area contributed by atoms with E-state index in [2.05, 4.69) is 20.9 Å². The lowest BCUT2D eigenvalue weighted by Crippen LogP contribution is -2.06. The van der Waals surface area contributed by atoms with Gasteiger partial charge in [0.25, 0.3) is 4.80 Å². The average Bonchev–Trinajstić information content (AvgIpc) is 2.11. The van der Waals surface area contributed by atoms with Crippen LogP contribution in [0.2, 0.25) is 0 Å². The molecule has 0 radical (unpaired) electrons. The Morgan fingerprint density at radius 2 is 2.30 bits per heavy atom. The van der Waals surface area contributed by atoms with Gasteiger partial charge < -0.3 is 4.42 Å². The average molecular weight is 208 g/mol. The lowest BCUT2D eigenvalue weighted by molar-refractivity contribution is 0.176. The molecule has 0 fully saturated rings. The molecule has 56 valence electrons. The molecule has 1 rings (SSSR count). The van der Waals surface area contributed by atoms with E-state index in [1.165, 1.54) is 20.0 Å². The summed E-state index contributed by atoms with van der Waals surface area (Å²) in [4.78, 5) is 4.01. The number of alkyl halides is 1. The van der Waals surface area contributed by atoms with Crippen LogP contribution in [0, 0.1) is 0 Å². The zero-order chi connectivity index (χ0) is 7.78. The van der Waals surface area contributed by atoms with Gasteiger partial charge in [-0.25, -0.2) is 9.37 Å². The van der Waals surface area contributed by atoms with Gasteiger partial charge in [0.05, 0.1) is 6.20 Å². The van der Waals surface area contributed by atoms with Crippen LogP contribution in [0.15, 0.2) is 15.4 Å². The molecular weight excluding hydrogens is 201 g/mol. The molecule has 0 aliphatic rings. The number of oxazole rings is 1. The first-order valence-electron chi connectivity index (χ1n) is 2.81. The second kappa shape index (κ2) is 2.34. The minimum Gasteiger partial charge on any atom is -0.433 e. The number of nitrogens with zero attached hydrogens (tertiary/aromatic N) is 1. The van der Waals surface area contributed by atoms with Crippen LogP contribution < -0.4 is 0 Å². The zero-order valence-corrected chi connectivity index (χ0v) is 7.27. The van der Waals surface area contributed by atoms with E-state index in [0.717, 1.165) is 0 Å². The first-order chi connectivity index (χ1) is 4.50. The van der Waals surface area contributed by atoms with E-state index in [4.69, 9.17) is 4.42 Å². The van der Waals surface area contributed by atoms with Crippen LogP contribution in [-0.2, 0) is 5.67 Å². The highest BCUT2D eigenvalue weighted by Gasteiger charge is 2.23. The van der Waals surface area contributed by atoms with Gasteiger partial charge in [-0.2, -0.15) is 0 Å². The van der Waals surface area contributed by atoms with Crippen molar-refractivity contribution in [3.05, 3.63) is 16.8 Å². The van der Waals surface area contributed by atoms with Gasteiger partial charge in [0.15, 0.2) is 11.4 Å². The normalized spacial score (nSPS) is 12.0. The number of aromatic nitrogens is 1. The Morgan fingerprint density at radius 1 is 1.70 bits per heavy atom. The standard InChI is InChI=1S/C6H7BrFNO/c1-6(2,8)4-3-9-5(7)10-4/h3H,1-2H3. The van der Waals surface area contributed by atoms with E-state index >= 15 is 0 Å². The Hall–Kier alpha value is -0.380. The van der Waals surface area contributed by atoms with Crippen LogP contribution in [0.4, 0.5) is 4.39 Å². The molecule has 0 saturated carbocycles. The van der Waals surface area contributed by atoms with Crippen molar-refractivity contribution in [2.24, 2.45) is 0 Å². The Labute approximate surface area is 66.6 Å². The maximum Gasteiger partial charge on any atom is 0.264 e. The van der Waals surface area contributed by atoms with E-state index in [1.807, 2.05) is 0 Å². The summed E-state index contributed by atoms with van der Waals surface area (Å²) in [6, 6.07) is 0. The van der Waals surface area contributed by atoms with Crippen LogP contribution in [0.1, 0.15) is 19.6 Å². The summed E-state index contributed by atoms with van der Waals surface area (Å²) in [5, 5.41) is 0. The molecule has 4 heteroatoms. The van der Waals surface area contributed by atoms with Crippen molar-refractivity contribution in [3.63, 3.8) is 0 Å². The maximum absolute atomic E-state index is 13.0. The zero-order valence-electron chi connectivity index (χ0n) is 5.69. The minimum atomic E-state index is -1.45. The van der Waals surface area contributed by atoms with Crippen LogP contribution in [0.5, 0.6) is 0 Å². The van der Waals surface area contributed by atoms with Crippen molar-refractivity contribution in [1.82, 2.24) is 4.98 Å². The first-order valence-corrected chi connectivity index (χ1v) is 3.60. The smallest absolute Gasteiger partial charge is 0.264 e. The summed E-state index contributed by atoms with van der Waals surface area (Å²) in [5.41, 5.74) is -1.45. The highest BCUT2D eigenvalue weighted by atomic mass is 79.9.